The number of nitrogens with two attached hydrogens (primary N) is 1. The number of nitrogens with one attached hydrogen (secondary N) is 2. The molecule has 1 aromatic heterocycles. The number of aromatic amines is 1. The van der Waals surface area contributed by atoms with Crippen molar-refractivity contribution in [3.63, 3.8) is 0 Å². The third-order valence-corrected chi connectivity index (χ3v) is 3.01. The van der Waals surface area contributed by atoms with E-state index in [9.17, 15) is 4.79 Å². The minimum Gasteiger partial charge on any atom is -0.366 e. The van der Waals surface area contributed by atoms with E-state index >= 15 is 0 Å². The number of carbonyl (C=O) groups excluding carboxylic acids is 1. The van der Waals surface area contributed by atoms with Gasteiger partial charge in [0.1, 0.15) is 0 Å². The molecule has 0 aromatic carbocycles. The Hall–Kier alpha value is -1.29. The Balaban J connectivity index is 1.86. The van der Waals surface area contributed by atoms with E-state index in [1.807, 2.05) is 6.07 Å². The fraction of sp³-hybridized carbons (Fsp3) is 0.545. The second kappa shape index (κ2) is 4.49. The maximum atomic E-state index is 11.8. The van der Waals surface area contributed by atoms with Crippen LogP contribution in [0.25, 0.3) is 0 Å². The zero-order valence-electron chi connectivity index (χ0n) is 8.70. The normalized spacial score (nSPS) is 26.2. The van der Waals surface area contributed by atoms with Crippen molar-refractivity contribution in [2.75, 3.05) is 5.32 Å². The minimum absolute atomic E-state index is 0.126. The lowest BCUT2D eigenvalue weighted by Crippen LogP contribution is -2.32. The summed E-state index contributed by atoms with van der Waals surface area (Å²) < 4.78 is 0. The molecule has 1 fully saturated rings. The summed E-state index contributed by atoms with van der Waals surface area (Å²) in [5.74, 6) is 0.265. The molecule has 0 aliphatic heterocycles. The number of anilines is 1. The smallest absolute Gasteiger partial charge is 0.227 e. The Labute approximate surface area is 89.2 Å². The van der Waals surface area contributed by atoms with Gasteiger partial charge in [0.25, 0.3) is 0 Å². The van der Waals surface area contributed by atoms with Gasteiger partial charge in [-0.2, -0.15) is 0 Å². The molecule has 4 N–H and O–H groups in total. The summed E-state index contributed by atoms with van der Waals surface area (Å²) in [7, 11) is 0. The van der Waals surface area contributed by atoms with Gasteiger partial charge in [0.15, 0.2) is 0 Å². The number of amides is 1. The first kappa shape index (κ1) is 10.2. The molecule has 1 heterocycles. The molecule has 0 spiro atoms. The van der Waals surface area contributed by atoms with Gasteiger partial charge in [-0.25, -0.2) is 0 Å². The molecule has 1 saturated carbocycles. The van der Waals surface area contributed by atoms with E-state index in [0.29, 0.717) is 6.04 Å². The van der Waals surface area contributed by atoms with E-state index < -0.39 is 0 Å². The summed E-state index contributed by atoms with van der Waals surface area (Å²) in [6, 6.07) is 2.15. The molecular formula is C11H17N3O. The fourth-order valence-electron chi connectivity index (χ4n) is 2.03. The van der Waals surface area contributed by atoms with Gasteiger partial charge in [-0.3, -0.25) is 4.79 Å². The Bertz CT molecular complexity index is 313. The van der Waals surface area contributed by atoms with E-state index in [2.05, 4.69) is 10.3 Å². The first-order valence-electron chi connectivity index (χ1n) is 5.45. The highest BCUT2D eigenvalue weighted by Gasteiger charge is 2.24. The van der Waals surface area contributed by atoms with Crippen LogP contribution in [-0.4, -0.2) is 16.9 Å². The monoisotopic (exact) mass is 207 g/mol. The summed E-state index contributed by atoms with van der Waals surface area (Å²) >= 11 is 0. The standard InChI is InChI=1S/C11H17N3O/c12-9-3-1-8(2-4-9)11(15)14-10-5-6-13-7-10/h5-9,13H,1-4,12H2,(H,14,15). The summed E-state index contributed by atoms with van der Waals surface area (Å²) in [5.41, 5.74) is 6.64. The summed E-state index contributed by atoms with van der Waals surface area (Å²) in [5, 5.41) is 2.90. The molecule has 1 aromatic rings. The molecule has 1 aliphatic carbocycles. The quantitative estimate of drug-likeness (QED) is 0.687. The van der Waals surface area contributed by atoms with Gasteiger partial charge in [0, 0.05) is 24.4 Å². The van der Waals surface area contributed by atoms with Crippen LogP contribution in [0.1, 0.15) is 25.7 Å². The number of aromatic nitrogens is 1. The SMILES string of the molecule is NC1CCC(C(=O)Nc2cc[nH]c2)CC1. The fourth-order valence-corrected chi connectivity index (χ4v) is 2.03. The van der Waals surface area contributed by atoms with Crippen LogP contribution in [0.4, 0.5) is 5.69 Å². The minimum atomic E-state index is 0.126. The van der Waals surface area contributed by atoms with E-state index in [-0.39, 0.29) is 11.8 Å². The van der Waals surface area contributed by atoms with Crippen molar-refractivity contribution in [1.82, 2.24) is 4.98 Å². The lowest BCUT2D eigenvalue weighted by molar-refractivity contribution is -0.120. The number of carbonyl (C=O) groups is 1. The topological polar surface area (TPSA) is 70.9 Å². The van der Waals surface area contributed by atoms with Crippen molar-refractivity contribution >= 4 is 11.6 Å². The summed E-state index contributed by atoms with van der Waals surface area (Å²) in [4.78, 5) is 14.7. The lowest BCUT2D eigenvalue weighted by atomic mass is 9.86. The molecule has 0 radical (unpaired) electrons. The second-order valence-corrected chi connectivity index (χ2v) is 4.20. The number of rotatable bonds is 2. The molecule has 15 heavy (non-hydrogen) atoms. The molecule has 4 nitrogen and oxygen atoms in total. The molecule has 0 bridgehead atoms. The van der Waals surface area contributed by atoms with Crippen LogP contribution in [0.2, 0.25) is 0 Å². The van der Waals surface area contributed by atoms with Crippen LogP contribution < -0.4 is 11.1 Å². The molecule has 0 saturated heterocycles. The Morgan fingerprint density at radius 2 is 2.13 bits per heavy atom. The Morgan fingerprint density at radius 3 is 2.73 bits per heavy atom. The lowest BCUT2D eigenvalue weighted by Gasteiger charge is -2.24. The highest BCUT2D eigenvalue weighted by atomic mass is 16.1. The Morgan fingerprint density at radius 1 is 1.40 bits per heavy atom. The number of hydrogen-bond acceptors (Lipinski definition) is 2. The Kier molecular flexibility index (Phi) is 3.06. The van der Waals surface area contributed by atoms with E-state index in [4.69, 9.17) is 5.73 Å². The molecule has 0 unspecified atom stereocenters. The van der Waals surface area contributed by atoms with Crippen molar-refractivity contribution in [2.45, 2.75) is 31.7 Å². The van der Waals surface area contributed by atoms with Gasteiger partial charge >= 0.3 is 0 Å². The van der Waals surface area contributed by atoms with Crippen LogP contribution in [0.5, 0.6) is 0 Å². The number of hydrogen-bond donors (Lipinski definition) is 3. The molecular weight excluding hydrogens is 190 g/mol. The molecule has 82 valence electrons. The van der Waals surface area contributed by atoms with Crippen LogP contribution in [0, 0.1) is 5.92 Å². The third kappa shape index (κ3) is 2.59. The van der Waals surface area contributed by atoms with E-state index in [1.165, 1.54) is 0 Å². The van der Waals surface area contributed by atoms with Crippen LogP contribution in [-0.2, 0) is 4.79 Å². The van der Waals surface area contributed by atoms with E-state index in [0.717, 1.165) is 31.4 Å². The molecule has 2 rings (SSSR count). The van der Waals surface area contributed by atoms with Crippen molar-refractivity contribution in [3.8, 4) is 0 Å². The van der Waals surface area contributed by atoms with Crippen molar-refractivity contribution in [1.29, 1.82) is 0 Å². The molecule has 1 amide bonds. The highest BCUT2D eigenvalue weighted by Crippen LogP contribution is 2.24. The van der Waals surface area contributed by atoms with Crippen LogP contribution in [0.3, 0.4) is 0 Å². The van der Waals surface area contributed by atoms with Gasteiger partial charge in [0.05, 0.1) is 5.69 Å². The average Bonchev–Trinajstić information content (AvgIpc) is 2.71. The van der Waals surface area contributed by atoms with E-state index in [1.54, 1.807) is 12.4 Å². The maximum absolute atomic E-state index is 11.8. The van der Waals surface area contributed by atoms with Crippen molar-refractivity contribution in [2.24, 2.45) is 11.7 Å². The first-order valence-corrected chi connectivity index (χ1v) is 5.45. The second-order valence-electron chi connectivity index (χ2n) is 4.20. The van der Waals surface area contributed by atoms with Crippen LogP contribution in [0.15, 0.2) is 18.5 Å². The summed E-state index contributed by atoms with van der Waals surface area (Å²) in [6.45, 7) is 0. The molecule has 4 heteroatoms. The van der Waals surface area contributed by atoms with Gasteiger partial charge in [0.2, 0.25) is 5.91 Å². The zero-order valence-corrected chi connectivity index (χ0v) is 8.70. The van der Waals surface area contributed by atoms with Crippen molar-refractivity contribution in [3.05, 3.63) is 18.5 Å². The largest absolute Gasteiger partial charge is 0.366 e. The summed E-state index contributed by atoms with van der Waals surface area (Å²) in [6.07, 6.45) is 7.34. The predicted octanol–water partition coefficient (Wildman–Crippen LogP) is 1.47. The van der Waals surface area contributed by atoms with Gasteiger partial charge in [-0.15, -0.1) is 0 Å². The van der Waals surface area contributed by atoms with Crippen LogP contribution >= 0.6 is 0 Å². The number of H-pyrrole nitrogens is 1. The average molecular weight is 207 g/mol. The molecule has 0 atom stereocenters. The van der Waals surface area contributed by atoms with Gasteiger partial charge in [-0.05, 0) is 31.7 Å². The third-order valence-electron chi connectivity index (χ3n) is 3.01. The zero-order chi connectivity index (χ0) is 10.7. The van der Waals surface area contributed by atoms with Gasteiger partial charge in [-0.1, -0.05) is 0 Å². The maximum Gasteiger partial charge on any atom is 0.227 e. The van der Waals surface area contributed by atoms with Gasteiger partial charge < -0.3 is 16.0 Å². The highest BCUT2D eigenvalue weighted by molar-refractivity contribution is 5.92. The van der Waals surface area contributed by atoms with Crippen molar-refractivity contribution < 1.29 is 4.79 Å². The first-order chi connectivity index (χ1) is 7.25. The molecule has 1 aliphatic rings. The predicted molar refractivity (Wildman–Crippen MR) is 59.4 cm³/mol.